The summed E-state index contributed by atoms with van der Waals surface area (Å²) in [7, 11) is 0. The molecule has 18 heavy (non-hydrogen) atoms. The molecule has 0 atom stereocenters. The van der Waals surface area contributed by atoms with Crippen LogP contribution in [0.5, 0.6) is 11.6 Å². The zero-order chi connectivity index (χ0) is 13.1. The first-order chi connectivity index (χ1) is 8.61. The summed E-state index contributed by atoms with van der Waals surface area (Å²) in [5.41, 5.74) is 1.34. The van der Waals surface area contributed by atoms with Gasteiger partial charge in [-0.3, -0.25) is 0 Å². The Kier molecular flexibility index (Phi) is 3.79. The molecule has 0 radical (unpaired) electrons. The maximum atomic E-state index is 13.6. The van der Waals surface area contributed by atoms with Gasteiger partial charge in [0.2, 0.25) is 5.88 Å². The summed E-state index contributed by atoms with van der Waals surface area (Å²) in [6.07, 6.45) is 0. The second-order valence-corrected chi connectivity index (χ2v) is 4.11. The number of benzene rings is 1. The molecule has 5 heteroatoms. The predicted molar refractivity (Wildman–Crippen MR) is 66.4 cm³/mol. The fourth-order valence-electron chi connectivity index (χ4n) is 1.47. The van der Waals surface area contributed by atoms with Crippen LogP contribution >= 0.6 is 11.6 Å². The van der Waals surface area contributed by atoms with E-state index in [-0.39, 0.29) is 23.3 Å². The monoisotopic (exact) mass is 267 g/mol. The molecule has 1 heterocycles. The molecule has 3 nitrogen and oxygen atoms in total. The zero-order valence-corrected chi connectivity index (χ0v) is 10.4. The number of nitrogens with zero attached hydrogens (tertiary/aromatic N) is 1. The minimum atomic E-state index is -0.621. The summed E-state index contributed by atoms with van der Waals surface area (Å²) in [6, 6.07) is 7.75. The number of aliphatic hydroxyl groups is 1. The molecule has 0 unspecified atom stereocenters. The van der Waals surface area contributed by atoms with Crippen molar-refractivity contribution in [2.45, 2.75) is 13.5 Å². The van der Waals surface area contributed by atoms with Gasteiger partial charge in [0.15, 0.2) is 11.6 Å². The van der Waals surface area contributed by atoms with Crippen LogP contribution in [0.25, 0.3) is 0 Å². The summed E-state index contributed by atoms with van der Waals surface area (Å²) >= 11 is 5.65. The van der Waals surface area contributed by atoms with Crippen molar-refractivity contribution >= 4 is 11.6 Å². The van der Waals surface area contributed by atoms with E-state index in [4.69, 9.17) is 21.4 Å². The molecule has 0 aliphatic rings. The highest BCUT2D eigenvalue weighted by Gasteiger charge is 2.09. The van der Waals surface area contributed by atoms with Crippen LogP contribution in [0.2, 0.25) is 5.02 Å². The van der Waals surface area contributed by atoms with E-state index in [1.807, 2.05) is 0 Å². The zero-order valence-electron chi connectivity index (χ0n) is 9.65. The minimum Gasteiger partial charge on any atom is -0.436 e. The molecule has 1 aromatic carbocycles. The van der Waals surface area contributed by atoms with E-state index in [9.17, 15) is 4.39 Å². The largest absolute Gasteiger partial charge is 0.436 e. The summed E-state index contributed by atoms with van der Waals surface area (Å²) in [4.78, 5) is 4.12. The van der Waals surface area contributed by atoms with Gasteiger partial charge < -0.3 is 9.84 Å². The van der Waals surface area contributed by atoms with E-state index in [0.29, 0.717) is 11.3 Å². The molecule has 2 aromatic rings. The summed E-state index contributed by atoms with van der Waals surface area (Å²) < 4.78 is 18.9. The number of pyridine rings is 1. The highest BCUT2D eigenvalue weighted by molar-refractivity contribution is 6.30. The second kappa shape index (κ2) is 5.33. The lowest BCUT2D eigenvalue weighted by Crippen LogP contribution is -1.96. The topological polar surface area (TPSA) is 42.4 Å². The lowest BCUT2D eigenvalue weighted by molar-refractivity contribution is 0.280. The molecule has 1 N–H and O–H groups in total. The van der Waals surface area contributed by atoms with Gasteiger partial charge in [0.1, 0.15) is 0 Å². The van der Waals surface area contributed by atoms with E-state index in [1.54, 1.807) is 25.1 Å². The van der Waals surface area contributed by atoms with E-state index in [1.165, 1.54) is 12.1 Å². The molecular weight excluding hydrogens is 257 g/mol. The van der Waals surface area contributed by atoms with Crippen LogP contribution in [-0.2, 0) is 6.61 Å². The van der Waals surface area contributed by atoms with Crippen molar-refractivity contribution < 1.29 is 14.2 Å². The number of hydrogen-bond acceptors (Lipinski definition) is 3. The molecule has 0 saturated carbocycles. The first-order valence-corrected chi connectivity index (χ1v) is 5.69. The average Bonchev–Trinajstić information content (AvgIpc) is 2.35. The Balaban J connectivity index is 2.29. The third kappa shape index (κ3) is 2.60. The molecule has 0 spiro atoms. The van der Waals surface area contributed by atoms with E-state index < -0.39 is 5.82 Å². The van der Waals surface area contributed by atoms with Gasteiger partial charge in [-0.15, -0.1) is 0 Å². The average molecular weight is 268 g/mol. The Morgan fingerprint density at radius 2 is 2.11 bits per heavy atom. The standard InChI is InChI=1S/C13H11ClFNO2/c1-8-9(7-17)5-6-12(16-8)18-11-4-2-3-10(14)13(11)15/h2-6,17H,7H2,1H3. The molecule has 0 aliphatic carbocycles. The lowest BCUT2D eigenvalue weighted by atomic mass is 10.2. The van der Waals surface area contributed by atoms with Gasteiger partial charge >= 0.3 is 0 Å². The van der Waals surface area contributed by atoms with Gasteiger partial charge in [-0.25, -0.2) is 9.37 Å². The minimum absolute atomic E-state index is 0.00352. The van der Waals surface area contributed by atoms with Crippen LogP contribution in [0.15, 0.2) is 30.3 Å². The van der Waals surface area contributed by atoms with Gasteiger partial charge in [-0.2, -0.15) is 0 Å². The lowest BCUT2D eigenvalue weighted by Gasteiger charge is -2.08. The quantitative estimate of drug-likeness (QED) is 0.926. The van der Waals surface area contributed by atoms with Gasteiger partial charge in [-0.05, 0) is 30.7 Å². The third-order valence-corrected chi connectivity index (χ3v) is 2.76. The molecular formula is C13H11ClFNO2. The molecule has 0 aliphatic heterocycles. The normalized spacial score (nSPS) is 10.4. The first-order valence-electron chi connectivity index (χ1n) is 5.31. The SMILES string of the molecule is Cc1nc(Oc2cccc(Cl)c2F)ccc1CO. The van der Waals surface area contributed by atoms with Crippen molar-refractivity contribution in [2.75, 3.05) is 0 Å². The highest BCUT2D eigenvalue weighted by atomic mass is 35.5. The Morgan fingerprint density at radius 3 is 2.78 bits per heavy atom. The Labute approximate surface area is 109 Å². The molecule has 94 valence electrons. The highest BCUT2D eigenvalue weighted by Crippen LogP contribution is 2.28. The number of aryl methyl sites for hydroxylation is 1. The fraction of sp³-hybridized carbons (Fsp3) is 0.154. The van der Waals surface area contributed by atoms with Crippen LogP contribution in [0.3, 0.4) is 0 Å². The van der Waals surface area contributed by atoms with E-state index >= 15 is 0 Å². The van der Waals surface area contributed by atoms with Gasteiger partial charge in [0.25, 0.3) is 0 Å². The second-order valence-electron chi connectivity index (χ2n) is 3.71. The number of halogens is 2. The maximum absolute atomic E-state index is 13.6. The number of hydrogen-bond donors (Lipinski definition) is 1. The number of rotatable bonds is 3. The molecule has 0 saturated heterocycles. The Hall–Kier alpha value is -1.65. The van der Waals surface area contributed by atoms with Gasteiger partial charge in [-0.1, -0.05) is 17.7 Å². The van der Waals surface area contributed by atoms with Crippen molar-refractivity contribution in [1.82, 2.24) is 4.98 Å². The fourth-order valence-corrected chi connectivity index (χ4v) is 1.63. The van der Waals surface area contributed by atoms with Crippen LogP contribution in [0.1, 0.15) is 11.3 Å². The van der Waals surface area contributed by atoms with Crippen molar-refractivity contribution in [3.8, 4) is 11.6 Å². The third-order valence-electron chi connectivity index (χ3n) is 2.47. The number of aromatic nitrogens is 1. The van der Waals surface area contributed by atoms with Crippen LogP contribution in [0, 0.1) is 12.7 Å². The summed E-state index contributed by atoms with van der Waals surface area (Å²) in [5.74, 6) is -0.345. The summed E-state index contributed by atoms with van der Waals surface area (Å²) in [6.45, 7) is 1.65. The van der Waals surface area contributed by atoms with Crippen molar-refractivity contribution in [2.24, 2.45) is 0 Å². The molecule has 0 bridgehead atoms. The molecule has 0 fully saturated rings. The smallest absolute Gasteiger partial charge is 0.219 e. The van der Waals surface area contributed by atoms with Crippen molar-refractivity contribution in [3.05, 3.63) is 52.4 Å². The van der Waals surface area contributed by atoms with Gasteiger partial charge in [0, 0.05) is 11.8 Å². The van der Waals surface area contributed by atoms with Crippen molar-refractivity contribution in [3.63, 3.8) is 0 Å². The van der Waals surface area contributed by atoms with E-state index in [2.05, 4.69) is 4.98 Å². The van der Waals surface area contributed by atoms with Crippen LogP contribution < -0.4 is 4.74 Å². The Morgan fingerprint density at radius 1 is 1.33 bits per heavy atom. The Bertz CT molecular complexity index is 575. The maximum Gasteiger partial charge on any atom is 0.219 e. The van der Waals surface area contributed by atoms with Crippen LogP contribution in [-0.4, -0.2) is 10.1 Å². The predicted octanol–water partition coefficient (Wildman–Crippen LogP) is 3.47. The molecule has 0 amide bonds. The van der Waals surface area contributed by atoms with E-state index in [0.717, 1.165) is 0 Å². The number of ether oxygens (including phenoxy) is 1. The summed E-state index contributed by atoms with van der Waals surface area (Å²) in [5, 5.41) is 9.02. The van der Waals surface area contributed by atoms with Crippen molar-refractivity contribution in [1.29, 1.82) is 0 Å². The van der Waals surface area contributed by atoms with Crippen LogP contribution in [0.4, 0.5) is 4.39 Å². The molecule has 2 rings (SSSR count). The first kappa shape index (κ1) is 12.8. The molecule has 1 aromatic heterocycles. The number of aliphatic hydroxyl groups excluding tert-OH is 1. The van der Waals surface area contributed by atoms with Gasteiger partial charge in [0.05, 0.1) is 11.6 Å².